The topological polar surface area (TPSA) is 58.6 Å². The highest BCUT2D eigenvalue weighted by atomic mass is 16.6. The second-order valence-corrected chi connectivity index (χ2v) is 6.58. The highest BCUT2D eigenvalue weighted by Gasteiger charge is 2.51. The van der Waals surface area contributed by atoms with Crippen molar-refractivity contribution < 1.29 is 14.6 Å². The maximum absolute atomic E-state index is 11.6. The molecular formula is C13H23NO3. The van der Waals surface area contributed by atoms with E-state index < -0.39 is 5.60 Å². The largest absolute Gasteiger partial charge is 0.444 e. The Hall–Kier alpha value is -0.770. The predicted octanol–water partition coefficient (Wildman–Crippen LogP) is 2.06. The Labute approximate surface area is 103 Å². The van der Waals surface area contributed by atoms with Crippen LogP contribution >= 0.6 is 0 Å². The van der Waals surface area contributed by atoms with Gasteiger partial charge in [0.1, 0.15) is 5.60 Å². The fraction of sp³-hybridized carbons (Fsp3) is 0.923. The van der Waals surface area contributed by atoms with Gasteiger partial charge in [0, 0.05) is 12.0 Å². The minimum Gasteiger partial charge on any atom is -0.444 e. The van der Waals surface area contributed by atoms with Gasteiger partial charge in [0.2, 0.25) is 0 Å². The zero-order valence-electron chi connectivity index (χ0n) is 11.0. The molecule has 2 fully saturated rings. The average Bonchev–Trinajstić information content (AvgIpc) is 2.69. The first kappa shape index (κ1) is 12.7. The number of aliphatic hydroxyl groups excluding tert-OH is 1. The van der Waals surface area contributed by atoms with Gasteiger partial charge in [-0.2, -0.15) is 0 Å². The molecule has 0 aliphatic heterocycles. The van der Waals surface area contributed by atoms with E-state index in [4.69, 9.17) is 4.74 Å². The van der Waals surface area contributed by atoms with Crippen molar-refractivity contribution in [1.82, 2.24) is 5.32 Å². The van der Waals surface area contributed by atoms with E-state index in [0.29, 0.717) is 12.5 Å². The summed E-state index contributed by atoms with van der Waals surface area (Å²) >= 11 is 0. The molecule has 0 spiro atoms. The number of ether oxygens (including phenoxy) is 1. The molecular weight excluding hydrogens is 218 g/mol. The first-order chi connectivity index (χ1) is 7.81. The van der Waals surface area contributed by atoms with Crippen LogP contribution in [0.1, 0.15) is 46.5 Å². The van der Waals surface area contributed by atoms with Crippen molar-refractivity contribution in [1.29, 1.82) is 0 Å². The van der Waals surface area contributed by atoms with Gasteiger partial charge < -0.3 is 15.2 Å². The number of amides is 1. The Bertz CT molecular complexity index is 310. The quantitative estimate of drug-likeness (QED) is 0.778. The normalized spacial score (nSPS) is 36.0. The molecule has 2 saturated carbocycles. The number of alkyl carbamates (subject to hydrolysis) is 1. The average molecular weight is 241 g/mol. The number of hydrogen-bond donors (Lipinski definition) is 2. The molecule has 0 aromatic carbocycles. The van der Waals surface area contributed by atoms with Crippen LogP contribution in [0.5, 0.6) is 0 Å². The van der Waals surface area contributed by atoms with Gasteiger partial charge >= 0.3 is 6.09 Å². The van der Waals surface area contributed by atoms with Crippen LogP contribution in [-0.2, 0) is 4.74 Å². The lowest BCUT2D eigenvalue weighted by atomic mass is 9.82. The van der Waals surface area contributed by atoms with Crippen molar-refractivity contribution in [2.75, 3.05) is 6.54 Å². The van der Waals surface area contributed by atoms with Crippen molar-refractivity contribution in [2.24, 2.45) is 11.3 Å². The van der Waals surface area contributed by atoms with Crippen LogP contribution in [0.15, 0.2) is 0 Å². The molecule has 3 atom stereocenters. The molecule has 2 aliphatic carbocycles. The highest BCUT2D eigenvalue weighted by Crippen LogP contribution is 2.53. The maximum atomic E-state index is 11.6. The molecule has 2 rings (SSSR count). The SMILES string of the molecule is CC(C)(C)OC(=O)NC[C@]12CC[C@H](C[C@H]1O)C2. The summed E-state index contributed by atoms with van der Waals surface area (Å²) in [6.07, 6.45) is 3.52. The number of hydrogen-bond acceptors (Lipinski definition) is 3. The third-order valence-electron chi connectivity index (χ3n) is 3.99. The van der Waals surface area contributed by atoms with Crippen LogP contribution in [0.4, 0.5) is 4.79 Å². The van der Waals surface area contributed by atoms with Gasteiger partial charge in [-0.05, 0) is 52.4 Å². The molecule has 17 heavy (non-hydrogen) atoms. The van der Waals surface area contributed by atoms with Gasteiger partial charge in [0.15, 0.2) is 0 Å². The lowest BCUT2D eigenvalue weighted by molar-refractivity contribution is 0.0280. The number of nitrogens with one attached hydrogen (secondary N) is 1. The Morgan fingerprint density at radius 3 is 2.71 bits per heavy atom. The summed E-state index contributed by atoms with van der Waals surface area (Å²) in [6.45, 7) is 6.09. The third-order valence-corrected chi connectivity index (χ3v) is 3.99. The molecule has 2 bridgehead atoms. The monoisotopic (exact) mass is 241 g/mol. The molecule has 0 aromatic rings. The van der Waals surface area contributed by atoms with Crippen molar-refractivity contribution in [3.63, 3.8) is 0 Å². The number of carbonyl (C=O) groups is 1. The van der Waals surface area contributed by atoms with Gasteiger partial charge in [0.25, 0.3) is 0 Å². The summed E-state index contributed by atoms with van der Waals surface area (Å²) in [5.41, 5.74) is -0.546. The molecule has 0 radical (unpaired) electrons. The van der Waals surface area contributed by atoms with E-state index in [1.165, 1.54) is 6.42 Å². The number of carbonyl (C=O) groups excluding carboxylic acids is 1. The molecule has 98 valence electrons. The number of rotatable bonds is 2. The third kappa shape index (κ3) is 2.73. The van der Waals surface area contributed by atoms with Crippen LogP contribution in [0.2, 0.25) is 0 Å². The smallest absolute Gasteiger partial charge is 0.407 e. The van der Waals surface area contributed by atoms with Crippen molar-refractivity contribution >= 4 is 6.09 Å². The summed E-state index contributed by atoms with van der Waals surface area (Å²) in [5.74, 6) is 0.658. The first-order valence-electron chi connectivity index (χ1n) is 6.46. The van der Waals surface area contributed by atoms with E-state index in [2.05, 4.69) is 5.32 Å². The van der Waals surface area contributed by atoms with Gasteiger partial charge in [0.05, 0.1) is 6.10 Å². The minimum absolute atomic E-state index is 0.0818. The number of fused-ring (bicyclic) bond motifs is 2. The van der Waals surface area contributed by atoms with E-state index >= 15 is 0 Å². The van der Waals surface area contributed by atoms with Crippen LogP contribution in [0.3, 0.4) is 0 Å². The van der Waals surface area contributed by atoms with Crippen LogP contribution < -0.4 is 5.32 Å². The van der Waals surface area contributed by atoms with Gasteiger partial charge in [-0.1, -0.05) is 0 Å². The predicted molar refractivity (Wildman–Crippen MR) is 64.6 cm³/mol. The number of aliphatic hydroxyl groups is 1. The van der Waals surface area contributed by atoms with E-state index in [1.54, 1.807) is 0 Å². The summed E-state index contributed by atoms with van der Waals surface area (Å²) in [6, 6.07) is 0. The van der Waals surface area contributed by atoms with Crippen molar-refractivity contribution in [3.05, 3.63) is 0 Å². The van der Waals surface area contributed by atoms with E-state index in [9.17, 15) is 9.90 Å². The second kappa shape index (κ2) is 4.16. The van der Waals surface area contributed by atoms with Crippen LogP contribution in [-0.4, -0.2) is 29.4 Å². The first-order valence-corrected chi connectivity index (χ1v) is 6.46. The summed E-state index contributed by atoms with van der Waals surface area (Å²) in [5, 5.41) is 12.8. The Kier molecular flexibility index (Phi) is 3.10. The molecule has 2 aliphatic rings. The van der Waals surface area contributed by atoms with Crippen LogP contribution in [0, 0.1) is 11.3 Å². The fourth-order valence-corrected chi connectivity index (χ4v) is 3.18. The Morgan fingerprint density at radius 1 is 1.53 bits per heavy atom. The minimum atomic E-state index is -0.464. The van der Waals surface area contributed by atoms with Crippen molar-refractivity contribution in [3.8, 4) is 0 Å². The molecule has 0 heterocycles. The maximum Gasteiger partial charge on any atom is 0.407 e. The van der Waals surface area contributed by atoms with E-state index in [-0.39, 0.29) is 17.6 Å². The molecule has 4 heteroatoms. The van der Waals surface area contributed by atoms with Gasteiger partial charge in [-0.15, -0.1) is 0 Å². The van der Waals surface area contributed by atoms with Gasteiger partial charge in [-0.3, -0.25) is 0 Å². The molecule has 1 amide bonds. The Balaban J connectivity index is 1.84. The van der Waals surface area contributed by atoms with Crippen molar-refractivity contribution in [2.45, 2.75) is 58.2 Å². The summed E-state index contributed by atoms with van der Waals surface area (Å²) in [4.78, 5) is 11.6. The summed E-state index contributed by atoms with van der Waals surface area (Å²) in [7, 11) is 0. The zero-order chi connectivity index (χ0) is 12.7. The standard InChI is InChI=1S/C13H23NO3/c1-12(2,3)17-11(16)14-8-13-5-4-9(7-13)6-10(13)15/h9-10,15H,4-8H2,1-3H3,(H,14,16)/t9-,10-,13-/m1/s1. The second-order valence-electron chi connectivity index (χ2n) is 6.58. The Morgan fingerprint density at radius 2 is 2.24 bits per heavy atom. The molecule has 4 nitrogen and oxygen atoms in total. The molecule has 0 unspecified atom stereocenters. The molecule has 0 saturated heterocycles. The zero-order valence-corrected chi connectivity index (χ0v) is 11.0. The summed E-state index contributed by atoms with van der Waals surface area (Å²) < 4.78 is 5.20. The van der Waals surface area contributed by atoms with Gasteiger partial charge in [-0.25, -0.2) is 4.79 Å². The fourth-order valence-electron chi connectivity index (χ4n) is 3.18. The molecule has 2 N–H and O–H groups in total. The highest BCUT2D eigenvalue weighted by molar-refractivity contribution is 5.67. The van der Waals surface area contributed by atoms with E-state index in [1.807, 2.05) is 20.8 Å². The molecule has 0 aromatic heterocycles. The van der Waals surface area contributed by atoms with E-state index in [0.717, 1.165) is 19.3 Å². The lowest BCUT2D eigenvalue weighted by Crippen LogP contribution is -2.43. The lowest BCUT2D eigenvalue weighted by Gasteiger charge is -2.32. The van der Waals surface area contributed by atoms with Crippen LogP contribution in [0.25, 0.3) is 0 Å².